The summed E-state index contributed by atoms with van der Waals surface area (Å²) < 4.78 is 0. The molecule has 0 saturated heterocycles. The van der Waals surface area contributed by atoms with E-state index < -0.39 is 0 Å². The number of allylic oxidation sites excluding steroid dienone is 1. The molecular weight excluding hydrogens is 236 g/mol. The summed E-state index contributed by atoms with van der Waals surface area (Å²) in [6.07, 6.45) is 4.01. The molecule has 0 aliphatic carbocycles. The quantitative estimate of drug-likeness (QED) is 0.726. The van der Waals surface area contributed by atoms with E-state index in [0.717, 1.165) is 24.2 Å². The lowest BCUT2D eigenvalue weighted by molar-refractivity contribution is -0.118. The summed E-state index contributed by atoms with van der Waals surface area (Å²) >= 11 is 0. The fourth-order valence-electron chi connectivity index (χ4n) is 1.66. The van der Waals surface area contributed by atoms with Crippen LogP contribution in [0.25, 0.3) is 0 Å². The fourth-order valence-corrected chi connectivity index (χ4v) is 1.66. The molecule has 19 heavy (non-hydrogen) atoms. The highest BCUT2D eigenvalue weighted by molar-refractivity contribution is 5.92. The van der Waals surface area contributed by atoms with Crippen molar-refractivity contribution in [1.82, 2.24) is 0 Å². The van der Waals surface area contributed by atoms with Gasteiger partial charge in [-0.15, -0.1) is 6.58 Å². The molecular formula is C16H24N2O. The Morgan fingerprint density at radius 1 is 1.21 bits per heavy atom. The molecule has 104 valence electrons. The molecule has 0 radical (unpaired) electrons. The molecule has 1 amide bonds. The van der Waals surface area contributed by atoms with E-state index in [2.05, 4.69) is 24.1 Å². The molecule has 1 atom stereocenters. The molecule has 3 heteroatoms. The van der Waals surface area contributed by atoms with E-state index in [-0.39, 0.29) is 11.8 Å². The van der Waals surface area contributed by atoms with Crippen molar-refractivity contribution in [3.63, 3.8) is 0 Å². The minimum Gasteiger partial charge on any atom is -0.383 e. The Bertz CT molecular complexity index is 409. The Morgan fingerprint density at radius 3 is 2.32 bits per heavy atom. The highest BCUT2D eigenvalue weighted by Gasteiger charge is 2.07. The normalized spacial score (nSPS) is 12.0. The van der Waals surface area contributed by atoms with Crippen LogP contribution in [0.3, 0.4) is 0 Å². The zero-order chi connectivity index (χ0) is 14.3. The van der Waals surface area contributed by atoms with Gasteiger partial charge >= 0.3 is 0 Å². The predicted molar refractivity (Wildman–Crippen MR) is 82.4 cm³/mol. The molecule has 0 fully saturated rings. The Morgan fingerprint density at radius 2 is 1.79 bits per heavy atom. The van der Waals surface area contributed by atoms with Gasteiger partial charge in [-0.25, -0.2) is 0 Å². The lowest BCUT2D eigenvalue weighted by Crippen LogP contribution is -2.18. The second-order valence-corrected chi connectivity index (χ2v) is 5.13. The molecule has 0 heterocycles. The van der Waals surface area contributed by atoms with Crippen molar-refractivity contribution in [1.29, 1.82) is 0 Å². The molecule has 1 rings (SSSR count). The van der Waals surface area contributed by atoms with E-state index in [1.807, 2.05) is 44.2 Å². The summed E-state index contributed by atoms with van der Waals surface area (Å²) in [5, 5.41) is 6.30. The van der Waals surface area contributed by atoms with Crippen LogP contribution in [-0.2, 0) is 4.79 Å². The first kappa shape index (κ1) is 15.3. The maximum Gasteiger partial charge on any atom is 0.226 e. The number of hydrogen-bond acceptors (Lipinski definition) is 2. The van der Waals surface area contributed by atoms with Gasteiger partial charge in [0.25, 0.3) is 0 Å². The first-order valence-corrected chi connectivity index (χ1v) is 6.81. The fraction of sp³-hybridized carbons (Fsp3) is 0.438. The average molecular weight is 260 g/mol. The van der Waals surface area contributed by atoms with Crippen LogP contribution in [0.15, 0.2) is 36.9 Å². The van der Waals surface area contributed by atoms with Crippen LogP contribution in [0.2, 0.25) is 0 Å². The zero-order valence-electron chi connectivity index (χ0n) is 12.1. The minimum atomic E-state index is -0.00303. The van der Waals surface area contributed by atoms with Crippen molar-refractivity contribution in [2.45, 2.75) is 39.7 Å². The van der Waals surface area contributed by atoms with Crippen LogP contribution < -0.4 is 10.6 Å². The molecule has 1 aromatic rings. The van der Waals surface area contributed by atoms with Gasteiger partial charge in [0.05, 0.1) is 0 Å². The molecule has 2 N–H and O–H groups in total. The van der Waals surface area contributed by atoms with Crippen molar-refractivity contribution < 1.29 is 4.79 Å². The summed E-state index contributed by atoms with van der Waals surface area (Å²) in [4.78, 5) is 11.6. The largest absolute Gasteiger partial charge is 0.383 e. The molecule has 0 spiro atoms. The molecule has 1 aromatic carbocycles. The van der Waals surface area contributed by atoms with Crippen LogP contribution in [0.5, 0.6) is 0 Å². The topological polar surface area (TPSA) is 41.1 Å². The van der Waals surface area contributed by atoms with Crippen molar-refractivity contribution in [3.8, 4) is 0 Å². The summed E-state index contributed by atoms with van der Waals surface area (Å²) in [5.74, 6) is 0.0387. The van der Waals surface area contributed by atoms with Crippen molar-refractivity contribution in [3.05, 3.63) is 36.9 Å². The van der Waals surface area contributed by atoms with Crippen LogP contribution in [0, 0.1) is 5.92 Å². The van der Waals surface area contributed by atoms with Gasteiger partial charge in [0.15, 0.2) is 0 Å². The predicted octanol–water partition coefficient (Wildman–Crippen LogP) is 4.05. The van der Waals surface area contributed by atoms with E-state index in [0.29, 0.717) is 6.04 Å². The number of hydrogen-bond donors (Lipinski definition) is 2. The van der Waals surface area contributed by atoms with Crippen LogP contribution in [0.4, 0.5) is 11.4 Å². The maximum atomic E-state index is 11.6. The zero-order valence-corrected chi connectivity index (χ0v) is 12.1. The van der Waals surface area contributed by atoms with Gasteiger partial charge in [0.2, 0.25) is 5.91 Å². The summed E-state index contributed by atoms with van der Waals surface area (Å²) in [5.41, 5.74) is 1.90. The van der Waals surface area contributed by atoms with E-state index in [9.17, 15) is 4.79 Å². The third-order valence-corrected chi connectivity index (χ3v) is 2.89. The Balaban J connectivity index is 2.51. The lowest BCUT2D eigenvalue weighted by Gasteiger charge is -2.15. The van der Waals surface area contributed by atoms with Gasteiger partial charge in [-0.05, 0) is 44.0 Å². The van der Waals surface area contributed by atoms with E-state index in [1.165, 1.54) is 0 Å². The SMILES string of the molecule is C=CCCC(C)Nc1ccc(NC(=O)C(C)C)cc1. The monoisotopic (exact) mass is 260 g/mol. The second-order valence-electron chi connectivity index (χ2n) is 5.13. The molecule has 3 nitrogen and oxygen atoms in total. The van der Waals surface area contributed by atoms with Crippen molar-refractivity contribution in [2.24, 2.45) is 5.92 Å². The average Bonchev–Trinajstić information content (AvgIpc) is 2.38. The first-order chi connectivity index (χ1) is 9.02. The number of anilines is 2. The molecule has 0 bridgehead atoms. The molecule has 0 saturated carbocycles. The van der Waals surface area contributed by atoms with E-state index in [1.54, 1.807) is 0 Å². The number of carbonyl (C=O) groups is 1. The van der Waals surface area contributed by atoms with E-state index in [4.69, 9.17) is 0 Å². The highest BCUT2D eigenvalue weighted by atomic mass is 16.1. The van der Waals surface area contributed by atoms with E-state index >= 15 is 0 Å². The summed E-state index contributed by atoms with van der Waals surface area (Å²) in [6, 6.07) is 8.22. The third kappa shape index (κ3) is 5.60. The third-order valence-electron chi connectivity index (χ3n) is 2.89. The Labute approximate surface area is 116 Å². The van der Waals surface area contributed by atoms with Gasteiger partial charge in [-0.3, -0.25) is 4.79 Å². The molecule has 1 unspecified atom stereocenters. The Kier molecular flexibility index (Phi) is 6.13. The second kappa shape index (κ2) is 7.62. The van der Waals surface area contributed by atoms with Gasteiger partial charge in [0.1, 0.15) is 0 Å². The van der Waals surface area contributed by atoms with Crippen LogP contribution >= 0.6 is 0 Å². The number of benzene rings is 1. The van der Waals surface area contributed by atoms with Crippen molar-refractivity contribution in [2.75, 3.05) is 10.6 Å². The minimum absolute atomic E-state index is 0.00303. The summed E-state index contributed by atoms with van der Waals surface area (Å²) in [6.45, 7) is 9.64. The summed E-state index contributed by atoms with van der Waals surface area (Å²) in [7, 11) is 0. The maximum absolute atomic E-state index is 11.6. The van der Waals surface area contributed by atoms with Gasteiger partial charge in [-0.1, -0.05) is 19.9 Å². The standard InChI is InChI=1S/C16H24N2O/c1-5-6-7-13(4)17-14-8-10-15(11-9-14)18-16(19)12(2)3/h5,8-13,17H,1,6-7H2,2-4H3,(H,18,19). The van der Waals surface area contributed by atoms with Crippen LogP contribution in [-0.4, -0.2) is 11.9 Å². The number of nitrogens with one attached hydrogen (secondary N) is 2. The van der Waals surface area contributed by atoms with Crippen LogP contribution in [0.1, 0.15) is 33.6 Å². The Hall–Kier alpha value is -1.77. The molecule has 0 aliphatic rings. The number of rotatable bonds is 7. The highest BCUT2D eigenvalue weighted by Crippen LogP contribution is 2.16. The molecule has 0 aromatic heterocycles. The van der Waals surface area contributed by atoms with Crippen molar-refractivity contribution >= 4 is 17.3 Å². The number of carbonyl (C=O) groups excluding carboxylic acids is 1. The smallest absolute Gasteiger partial charge is 0.226 e. The number of amides is 1. The van der Waals surface area contributed by atoms with Gasteiger partial charge in [-0.2, -0.15) is 0 Å². The molecule has 0 aliphatic heterocycles. The van der Waals surface area contributed by atoms with Gasteiger partial charge in [0, 0.05) is 23.3 Å². The van der Waals surface area contributed by atoms with Gasteiger partial charge < -0.3 is 10.6 Å². The lowest BCUT2D eigenvalue weighted by atomic mass is 10.1. The first-order valence-electron chi connectivity index (χ1n) is 6.81.